The van der Waals surface area contributed by atoms with Crippen molar-refractivity contribution in [2.24, 2.45) is 0 Å². The maximum absolute atomic E-state index is 6.18. The highest BCUT2D eigenvalue weighted by atomic mass is 16.3. The molecule has 114 valence electrons. The molecule has 0 fully saturated rings. The molecule has 23 heavy (non-hydrogen) atoms. The van der Waals surface area contributed by atoms with Crippen LogP contribution in [-0.4, -0.2) is 4.98 Å². The van der Waals surface area contributed by atoms with Gasteiger partial charge >= 0.3 is 0 Å². The van der Waals surface area contributed by atoms with Crippen LogP contribution in [0.2, 0.25) is 0 Å². The third-order valence-corrected chi connectivity index (χ3v) is 4.38. The van der Waals surface area contributed by atoms with Crippen molar-refractivity contribution in [3.8, 4) is 11.3 Å². The molecule has 2 aromatic carbocycles. The maximum atomic E-state index is 6.18. The Labute approximate surface area is 135 Å². The third kappa shape index (κ3) is 2.31. The number of aryl methyl sites for hydroxylation is 1. The van der Waals surface area contributed by atoms with Crippen LogP contribution in [0.15, 0.2) is 59.1 Å². The fourth-order valence-electron chi connectivity index (χ4n) is 3.06. The second-order valence-corrected chi connectivity index (χ2v) is 6.41. The summed E-state index contributed by atoms with van der Waals surface area (Å²) >= 11 is 0. The quantitative estimate of drug-likeness (QED) is 0.448. The minimum Gasteiger partial charge on any atom is -0.455 e. The molecule has 2 nitrogen and oxygen atoms in total. The second kappa shape index (κ2) is 5.24. The van der Waals surface area contributed by atoms with E-state index in [1.165, 1.54) is 11.1 Å². The molecule has 0 spiro atoms. The van der Waals surface area contributed by atoms with E-state index in [1.54, 1.807) is 0 Å². The maximum Gasteiger partial charge on any atom is 0.144 e. The van der Waals surface area contributed by atoms with E-state index in [4.69, 9.17) is 4.42 Å². The Kier molecular flexibility index (Phi) is 3.19. The predicted molar refractivity (Wildman–Crippen MR) is 95.8 cm³/mol. The highest BCUT2D eigenvalue weighted by Gasteiger charge is 2.13. The summed E-state index contributed by atoms with van der Waals surface area (Å²) in [5.41, 5.74) is 6.38. The van der Waals surface area contributed by atoms with Crippen LogP contribution in [0, 0.1) is 6.92 Å². The number of fused-ring (bicyclic) bond motifs is 3. The molecule has 0 amide bonds. The van der Waals surface area contributed by atoms with Gasteiger partial charge in [0.25, 0.3) is 0 Å². The van der Waals surface area contributed by atoms with E-state index in [-0.39, 0.29) is 0 Å². The number of benzene rings is 2. The van der Waals surface area contributed by atoms with Crippen molar-refractivity contribution in [1.29, 1.82) is 0 Å². The molecule has 4 rings (SSSR count). The van der Waals surface area contributed by atoms with Crippen LogP contribution >= 0.6 is 0 Å². The van der Waals surface area contributed by atoms with Gasteiger partial charge in [-0.3, -0.25) is 4.98 Å². The number of nitrogens with zero attached hydrogens (tertiary/aromatic N) is 1. The zero-order valence-corrected chi connectivity index (χ0v) is 13.6. The van der Waals surface area contributed by atoms with E-state index in [0.29, 0.717) is 5.92 Å². The molecule has 0 aliphatic carbocycles. The Balaban J connectivity index is 2.00. The van der Waals surface area contributed by atoms with Crippen molar-refractivity contribution in [2.75, 3.05) is 0 Å². The molecule has 0 saturated carbocycles. The van der Waals surface area contributed by atoms with Crippen LogP contribution in [0.1, 0.15) is 30.9 Å². The Morgan fingerprint density at radius 3 is 2.65 bits per heavy atom. The van der Waals surface area contributed by atoms with Crippen LogP contribution in [0.25, 0.3) is 33.2 Å². The summed E-state index contributed by atoms with van der Waals surface area (Å²) in [7, 11) is 0. The zero-order valence-electron chi connectivity index (χ0n) is 13.6. The summed E-state index contributed by atoms with van der Waals surface area (Å²) in [5.74, 6) is 0.481. The average molecular weight is 301 g/mol. The van der Waals surface area contributed by atoms with Gasteiger partial charge in [-0.25, -0.2) is 0 Å². The lowest BCUT2D eigenvalue weighted by atomic mass is 10.0. The lowest BCUT2D eigenvalue weighted by Crippen LogP contribution is -1.90. The van der Waals surface area contributed by atoms with Crippen LogP contribution in [0.4, 0.5) is 0 Å². The minimum absolute atomic E-state index is 0.481. The lowest BCUT2D eigenvalue weighted by Gasteiger charge is -2.07. The molecule has 0 N–H and O–H groups in total. The van der Waals surface area contributed by atoms with E-state index in [0.717, 1.165) is 33.2 Å². The molecule has 0 atom stereocenters. The molecule has 0 unspecified atom stereocenters. The molecule has 0 aliphatic rings. The SMILES string of the molecule is Cc1ccc2c(c1)oc1c(-c3cc(C(C)C)ccn3)cccc12. The molecule has 2 heteroatoms. The first kappa shape index (κ1) is 14.0. The first-order valence-electron chi connectivity index (χ1n) is 8.01. The summed E-state index contributed by atoms with van der Waals surface area (Å²) in [6.45, 7) is 6.48. The van der Waals surface area contributed by atoms with Crippen LogP contribution in [0.3, 0.4) is 0 Å². The van der Waals surface area contributed by atoms with E-state index in [2.05, 4.69) is 74.3 Å². The van der Waals surface area contributed by atoms with E-state index in [1.807, 2.05) is 6.20 Å². The summed E-state index contributed by atoms with van der Waals surface area (Å²) < 4.78 is 6.18. The molecule has 2 aromatic heterocycles. The molecular weight excluding hydrogens is 282 g/mol. The number of hydrogen-bond donors (Lipinski definition) is 0. The average Bonchev–Trinajstić information content (AvgIpc) is 2.92. The van der Waals surface area contributed by atoms with E-state index >= 15 is 0 Å². The number of pyridine rings is 1. The fourth-order valence-corrected chi connectivity index (χ4v) is 3.06. The Bertz CT molecular complexity index is 1010. The summed E-state index contributed by atoms with van der Waals surface area (Å²) in [6.07, 6.45) is 1.89. The highest BCUT2D eigenvalue weighted by Crippen LogP contribution is 2.35. The standard InChI is InChI=1S/C21H19NO/c1-13(2)15-9-10-22-19(12-15)18-6-4-5-17-16-8-7-14(3)11-20(16)23-21(17)18/h4-13H,1-3H3. The molecule has 0 bridgehead atoms. The van der Waals surface area contributed by atoms with Gasteiger partial charge < -0.3 is 4.42 Å². The van der Waals surface area contributed by atoms with Crippen LogP contribution in [-0.2, 0) is 0 Å². The van der Waals surface area contributed by atoms with Gasteiger partial charge in [-0.2, -0.15) is 0 Å². The lowest BCUT2D eigenvalue weighted by molar-refractivity contribution is 0.669. The second-order valence-electron chi connectivity index (χ2n) is 6.41. The van der Waals surface area contributed by atoms with Gasteiger partial charge in [0.1, 0.15) is 11.2 Å². The van der Waals surface area contributed by atoms with E-state index < -0.39 is 0 Å². The molecule has 4 aromatic rings. The van der Waals surface area contributed by atoms with Gasteiger partial charge in [0.2, 0.25) is 0 Å². The monoisotopic (exact) mass is 301 g/mol. The third-order valence-electron chi connectivity index (χ3n) is 4.38. The van der Waals surface area contributed by atoms with Crippen molar-refractivity contribution in [3.63, 3.8) is 0 Å². The van der Waals surface area contributed by atoms with Gasteiger partial charge in [0, 0.05) is 22.5 Å². The number of hydrogen-bond acceptors (Lipinski definition) is 2. The van der Waals surface area contributed by atoms with Gasteiger partial charge in [-0.1, -0.05) is 38.1 Å². The highest BCUT2D eigenvalue weighted by molar-refractivity contribution is 6.09. The summed E-state index contributed by atoms with van der Waals surface area (Å²) in [5, 5.41) is 2.31. The molecular formula is C21H19NO. The first-order valence-corrected chi connectivity index (χ1v) is 8.01. The van der Waals surface area contributed by atoms with Crippen molar-refractivity contribution in [2.45, 2.75) is 26.7 Å². The smallest absolute Gasteiger partial charge is 0.144 e. The van der Waals surface area contributed by atoms with Crippen LogP contribution < -0.4 is 0 Å². The Morgan fingerprint density at radius 2 is 1.83 bits per heavy atom. The van der Waals surface area contributed by atoms with Crippen molar-refractivity contribution >= 4 is 21.9 Å². The van der Waals surface area contributed by atoms with Gasteiger partial charge in [-0.15, -0.1) is 0 Å². The Morgan fingerprint density at radius 1 is 0.957 bits per heavy atom. The first-order chi connectivity index (χ1) is 11.1. The minimum atomic E-state index is 0.481. The van der Waals surface area contributed by atoms with Gasteiger partial charge in [0.15, 0.2) is 0 Å². The van der Waals surface area contributed by atoms with Crippen molar-refractivity contribution in [1.82, 2.24) is 4.98 Å². The summed E-state index contributed by atoms with van der Waals surface area (Å²) in [4.78, 5) is 4.57. The largest absolute Gasteiger partial charge is 0.455 e. The Hall–Kier alpha value is -2.61. The van der Waals surface area contributed by atoms with Gasteiger partial charge in [0.05, 0.1) is 5.69 Å². The van der Waals surface area contributed by atoms with Crippen LogP contribution in [0.5, 0.6) is 0 Å². The molecule has 0 saturated heterocycles. The number of aromatic nitrogens is 1. The normalized spacial score (nSPS) is 11.7. The number of rotatable bonds is 2. The summed E-state index contributed by atoms with van der Waals surface area (Å²) in [6, 6.07) is 16.9. The molecule has 0 radical (unpaired) electrons. The van der Waals surface area contributed by atoms with E-state index in [9.17, 15) is 0 Å². The zero-order chi connectivity index (χ0) is 16.0. The number of furan rings is 1. The fraction of sp³-hybridized carbons (Fsp3) is 0.190. The topological polar surface area (TPSA) is 26.0 Å². The van der Waals surface area contributed by atoms with Crippen molar-refractivity contribution in [3.05, 3.63) is 65.9 Å². The van der Waals surface area contributed by atoms with Crippen molar-refractivity contribution < 1.29 is 4.42 Å². The molecule has 2 heterocycles. The molecule has 0 aliphatic heterocycles. The number of para-hydroxylation sites is 1. The van der Waals surface area contributed by atoms with Gasteiger partial charge in [-0.05, 0) is 48.2 Å². The predicted octanol–water partition coefficient (Wildman–Crippen LogP) is 6.08.